The summed E-state index contributed by atoms with van der Waals surface area (Å²) in [6.07, 6.45) is 0.897. The monoisotopic (exact) mass is 469 g/mol. The van der Waals surface area contributed by atoms with Crippen LogP contribution in [0.15, 0.2) is 65.1 Å². The first-order valence-electron chi connectivity index (χ1n) is 9.97. The number of methoxy groups -OCH3 is 2. The van der Waals surface area contributed by atoms with Gasteiger partial charge in [-0.3, -0.25) is 0 Å². The Hall–Kier alpha value is -2.50. The van der Waals surface area contributed by atoms with Crippen molar-refractivity contribution in [1.82, 2.24) is 5.32 Å². The summed E-state index contributed by atoms with van der Waals surface area (Å²) in [5.41, 5.74) is 4.74. The summed E-state index contributed by atoms with van der Waals surface area (Å²) < 4.78 is 17.8. The lowest BCUT2D eigenvalue weighted by Crippen LogP contribution is -2.17. The van der Waals surface area contributed by atoms with Crippen LogP contribution < -0.4 is 19.5 Å². The third-order valence-electron chi connectivity index (χ3n) is 4.85. The van der Waals surface area contributed by atoms with Crippen molar-refractivity contribution in [2.75, 3.05) is 20.8 Å². The fourth-order valence-electron chi connectivity index (χ4n) is 3.28. The molecule has 158 valence electrons. The van der Waals surface area contributed by atoms with Crippen molar-refractivity contribution in [2.45, 2.75) is 26.5 Å². The van der Waals surface area contributed by atoms with Crippen LogP contribution in [0.4, 0.5) is 0 Å². The maximum Gasteiger partial charge on any atom is 0.160 e. The summed E-state index contributed by atoms with van der Waals surface area (Å²) >= 11 is 3.57. The topological polar surface area (TPSA) is 39.7 Å². The zero-order valence-corrected chi connectivity index (χ0v) is 19.3. The largest absolute Gasteiger partial charge is 0.493 e. The third kappa shape index (κ3) is 6.25. The second kappa shape index (κ2) is 11.0. The summed E-state index contributed by atoms with van der Waals surface area (Å²) in [4.78, 5) is 0. The molecule has 3 rings (SSSR count). The van der Waals surface area contributed by atoms with Crippen molar-refractivity contribution in [2.24, 2.45) is 0 Å². The molecule has 0 saturated carbocycles. The summed E-state index contributed by atoms with van der Waals surface area (Å²) in [6.45, 7) is 4.23. The van der Waals surface area contributed by atoms with Crippen LogP contribution in [0.5, 0.6) is 17.2 Å². The molecule has 0 bridgehead atoms. The van der Waals surface area contributed by atoms with Gasteiger partial charge in [0, 0.05) is 16.6 Å². The zero-order valence-electron chi connectivity index (χ0n) is 17.7. The van der Waals surface area contributed by atoms with E-state index in [4.69, 9.17) is 14.2 Å². The Morgan fingerprint density at radius 3 is 2.40 bits per heavy atom. The first kappa shape index (κ1) is 22.2. The molecule has 0 aliphatic rings. The van der Waals surface area contributed by atoms with Crippen LogP contribution in [-0.4, -0.2) is 20.8 Å². The number of nitrogens with one attached hydrogen (secondary N) is 1. The van der Waals surface area contributed by atoms with E-state index in [2.05, 4.69) is 64.6 Å². The van der Waals surface area contributed by atoms with Gasteiger partial charge >= 0.3 is 0 Å². The highest BCUT2D eigenvalue weighted by Crippen LogP contribution is 2.28. The number of benzene rings is 3. The number of aryl methyl sites for hydroxylation is 1. The van der Waals surface area contributed by atoms with E-state index in [9.17, 15) is 0 Å². The molecule has 3 aromatic carbocycles. The van der Waals surface area contributed by atoms with E-state index < -0.39 is 0 Å². The molecule has 0 fully saturated rings. The van der Waals surface area contributed by atoms with E-state index in [0.29, 0.717) is 6.61 Å². The minimum Gasteiger partial charge on any atom is -0.493 e. The number of ether oxygens (including phenoxy) is 3. The smallest absolute Gasteiger partial charge is 0.160 e. The highest BCUT2D eigenvalue weighted by atomic mass is 79.9. The molecule has 4 nitrogen and oxygen atoms in total. The zero-order chi connectivity index (χ0) is 21.3. The normalized spacial score (nSPS) is 10.7. The lowest BCUT2D eigenvalue weighted by molar-refractivity contribution is 0.302. The predicted molar refractivity (Wildman–Crippen MR) is 125 cm³/mol. The maximum atomic E-state index is 6.11. The summed E-state index contributed by atoms with van der Waals surface area (Å²) in [6, 6.07) is 20.6. The van der Waals surface area contributed by atoms with Gasteiger partial charge in [0.2, 0.25) is 0 Å². The van der Waals surface area contributed by atoms with Gasteiger partial charge in [0.25, 0.3) is 0 Å². The van der Waals surface area contributed by atoms with E-state index in [1.54, 1.807) is 14.2 Å². The predicted octanol–water partition coefficient (Wildman–Crippen LogP) is 5.69. The van der Waals surface area contributed by atoms with Gasteiger partial charge < -0.3 is 19.5 Å². The standard InChI is InChI=1S/C25H28BrNO3/c1-18-5-4-6-20(13-18)17-30-23-10-8-22(26)15-21(23)16-27-12-11-19-7-9-24(28-2)25(14-19)29-3/h4-10,13-15,27H,11-12,16-17H2,1-3H3. The van der Waals surface area contributed by atoms with Crippen molar-refractivity contribution < 1.29 is 14.2 Å². The SMILES string of the molecule is COc1ccc(CCNCc2cc(Br)ccc2OCc2cccc(C)c2)cc1OC. The Kier molecular flexibility index (Phi) is 8.17. The Morgan fingerprint density at radius 2 is 1.63 bits per heavy atom. The summed E-state index contributed by atoms with van der Waals surface area (Å²) in [7, 11) is 3.31. The van der Waals surface area contributed by atoms with Crippen LogP contribution in [0, 0.1) is 6.92 Å². The summed E-state index contributed by atoms with van der Waals surface area (Å²) in [5.74, 6) is 2.41. The van der Waals surface area contributed by atoms with Crippen LogP contribution in [0.2, 0.25) is 0 Å². The second-order valence-electron chi connectivity index (χ2n) is 7.15. The summed E-state index contributed by atoms with van der Waals surface area (Å²) in [5, 5.41) is 3.52. The Balaban J connectivity index is 1.56. The fourth-order valence-corrected chi connectivity index (χ4v) is 3.69. The highest BCUT2D eigenvalue weighted by molar-refractivity contribution is 9.10. The van der Waals surface area contributed by atoms with Crippen molar-refractivity contribution in [3.05, 3.63) is 87.4 Å². The fraction of sp³-hybridized carbons (Fsp3) is 0.280. The molecule has 0 unspecified atom stereocenters. The molecule has 0 atom stereocenters. The lowest BCUT2D eigenvalue weighted by Gasteiger charge is -2.14. The molecule has 3 aromatic rings. The molecule has 1 N–H and O–H groups in total. The first-order valence-corrected chi connectivity index (χ1v) is 10.8. The minimum atomic E-state index is 0.557. The van der Waals surface area contributed by atoms with Crippen LogP contribution in [0.25, 0.3) is 0 Å². The van der Waals surface area contributed by atoms with Crippen molar-refractivity contribution in [3.63, 3.8) is 0 Å². The van der Waals surface area contributed by atoms with Gasteiger partial charge in [0.05, 0.1) is 14.2 Å². The van der Waals surface area contributed by atoms with E-state index in [1.165, 1.54) is 16.7 Å². The Labute approximate surface area is 187 Å². The number of hydrogen-bond acceptors (Lipinski definition) is 4. The second-order valence-corrected chi connectivity index (χ2v) is 8.06. The van der Waals surface area contributed by atoms with E-state index in [1.807, 2.05) is 24.3 Å². The molecule has 0 amide bonds. The van der Waals surface area contributed by atoms with Crippen LogP contribution >= 0.6 is 15.9 Å². The molecule has 30 heavy (non-hydrogen) atoms. The molecule has 0 aliphatic carbocycles. The average molecular weight is 470 g/mol. The molecule has 5 heteroatoms. The quantitative estimate of drug-likeness (QED) is 0.387. The van der Waals surface area contributed by atoms with Crippen LogP contribution in [0.3, 0.4) is 0 Å². The van der Waals surface area contributed by atoms with Crippen molar-refractivity contribution >= 4 is 15.9 Å². The number of rotatable bonds is 10. The first-order chi connectivity index (χ1) is 14.6. The average Bonchev–Trinajstić information content (AvgIpc) is 2.76. The van der Waals surface area contributed by atoms with Gasteiger partial charge in [-0.2, -0.15) is 0 Å². The molecule has 0 saturated heterocycles. The van der Waals surface area contributed by atoms with Gasteiger partial charge in [-0.15, -0.1) is 0 Å². The molecule has 0 aliphatic heterocycles. The van der Waals surface area contributed by atoms with Crippen LogP contribution in [0.1, 0.15) is 22.3 Å². The van der Waals surface area contributed by atoms with Crippen molar-refractivity contribution in [1.29, 1.82) is 0 Å². The Bertz CT molecular complexity index is 974. The Morgan fingerprint density at radius 1 is 0.833 bits per heavy atom. The third-order valence-corrected chi connectivity index (χ3v) is 5.35. The molecular formula is C25H28BrNO3. The van der Waals surface area contributed by atoms with E-state index >= 15 is 0 Å². The molecule has 0 heterocycles. The minimum absolute atomic E-state index is 0.557. The van der Waals surface area contributed by atoms with Crippen LogP contribution in [-0.2, 0) is 19.6 Å². The molecular weight excluding hydrogens is 442 g/mol. The molecule has 0 spiro atoms. The van der Waals surface area contributed by atoms with E-state index in [0.717, 1.165) is 46.8 Å². The van der Waals surface area contributed by atoms with Gasteiger partial charge in [-0.25, -0.2) is 0 Å². The van der Waals surface area contributed by atoms with Gasteiger partial charge in [-0.05, 0) is 61.3 Å². The van der Waals surface area contributed by atoms with Crippen molar-refractivity contribution in [3.8, 4) is 17.2 Å². The molecule has 0 aromatic heterocycles. The van der Waals surface area contributed by atoms with E-state index in [-0.39, 0.29) is 0 Å². The number of hydrogen-bond donors (Lipinski definition) is 1. The van der Waals surface area contributed by atoms with Gasteiger partial charge in [0.1, 0.15) is 12.4 Å². The van der Waals surface area contributed by atoms with Gasteiger partial charge in [-0.1, -0.05) is 51.8 Å². The number of halogens is 1. The lowest BCUT2D eigenvalue weighted by atomic mass is 10.1. The molecule has 0 radical (unpaired) electrons. The highest BCUT2D eigenvalue weighted by Gasteiger charge is 2.07. The maximum absolute atomic E-state index is 6.11. The van der Waals surface area contributed by atoms with Gasteiger partial charge in [0.15, 0.2) is 11.5 Å².